The van der Waals surface area contributed by atoms with Crippen molar-refractivity contribution in [2.75, 3.05) is 33.7 Å². The lowest BCUT2D eigenvalue weighted by molar-refractivity contribution is 0.211. The van der Waals surface area contributed by atoms with Crippen LogP contribution in [0.3, 0.4) is 0 Å². The lowest BCUT2D eigenvalue weighted by atomic mass is 10.1. The highest BCUT2D eigenvalue weighted by Gasteiger charge is 2.10. The Hall–Kier alpha value is -0.450. The number of hydrogen-bond acceptors (Lipinski definition) is 2. The van der Waals surface area contributed by atoms with E-state index in [1.165, 1.54) is 6.07 Å². The van der Waals surface area contributed by atoms with Gasteiger partial charge in [0.1, 0.15) is 5.82 Å². The van der Waals surface area contributed by atoms with E-state index in [1.807, 2.05) is 12.1 Å². The quantitative estimate of drug-likeness (QED) is 0.753. The van der Waals surface area contributed by atoms with E-state index in [9.17, 15) is 4.39 Å². The van der Waals surface area contributed by atoms with Gasteiger partial charge in [-0.15, -0.1) is 0 Å². The topological polar surface area (TPSA) is 6.48 Å². The van der Waals surface area contributed by atoms with Gasteiger partial charge in [-0.2, -0.15) is 0 Å². The van der Waals surface area contributed by atoms with Crippen LogP contribution in [0.5, 0.6) is 0 Å². The maximum Gasteiger partial charge on any atom is 0.137 e. The van der Waals surface area contributed by atoms with Crippen molar-refractivity contribution in [3.05, 3.63) is 34.1 Å². The van der Waals surface area contributed by atoms with Gasteiger partial charge in [0.2, 0.25) is 0 Å². The first-order chi connectivity index (χ1) is 8.88. The van der Waals surface area contributed by atoms with Crippen LogP contribution < -0.4 is 0 Å². The molecule has 0 heterocycles. The number of nitrogens with zero attached hydrogens (tertiary/aromatic N) is 2. The first kappa shape index (κ1) is 16.6. The molecule has 0 aliphatic rings. The molecule has 0 amide bonds. The summed E-state index contributed by atoms with van der Waals surface area (Å²) >= 11 is 3.25. The molecule has 1 aromatic rings. The minimum Gasteiger partial charge on any atom is -0.308 e. The fourth-order valence-corrected chi connectivity index (χ4v) is 2.42. The van der Waals surface area contributed by atoms with Crippen molar-refractivity contribution in [3.8, 4) is 0 Å². The molecular formula is C15H24BrFN2. The molecule has 0 saturated carbocycles. The number of likely N-dealkylation sites (N-methyl/N-ethyl adjacent to an activating group) is 1. The SMILES string of the molecule is CC(C)CN(CCN(C)C)Cc1ccc(F)c(Br)c1. The van der Waals surface area contributed by atoms with Crippen molar-refractivity contribution in [2.24, 2.45) is 5.92 Å². The van der Waals surface area contributed by atoms with Crippen molar-refractivity contribution in [2.45, 2.75) is 20.4 Å². The molecule has 1 aromatic carbocycles. The van der Waals surface area contributed by atoms with Gasteiger partial charge in [-0.1, -0.05) is 19.9 Å². The average Bonchev–Trinajstić information content (AvgIpc) is 2.30. The summed E-state index contributed by atoms with van der Waals surface area (Å²) in [6.45, 7) is 8.44. The number of rotatable bonds is 7. The summed E-state index contributed by atoms with van der Waals surface area (Å²) in [4.78, 5) is 4.61. The lowest BCUT2D eigenvalue weighted by Gasteiger charge is -2.26. The predicted molar refractivity (Wildman–Crippen MR) is 82.8 cm³/mol. The Morgan fingerprint density at radius 3 is 2.42 bits per heavy atom. The third-order valence-corrected chi connectivity index (χ3v) is 3.48. The molecule has 0 radical (unpaired) electrons. The van der Waals surface area contributed by atoms with Gasteiger partial charge in [0, 0.05) is 26.2 Å². The second-order valence-electron chi connectivity index (χ2n) is 5.68. The van der Waals surface area contributed by atoms with Gasteiger partial charge in [0.05, 0.1) is 4.47 Å². The molecule has 0 spiro atoms. The first-order valence-electron chi connectivity index (χ1n) is 6.69. The van der Waals surface area contributed by atoms with Crippen LogP contribution in [0.4, 0.5) is 4.39 Å². The van der Waals surface area contributed by atoms with E-state index < -0.39 is 0 Å². The number of hydrogen-bond donors (Lipinski definition) is 0. The fourth-order valence-electron chi connectivity index (χ4n) is 1.99. The van der Waals surface area contributed by atoms with E-state index in [1.54, 1.807) is 0 Å². The summed E-state index contributed by atoms with van der Waals surface area (Å²) in [6, 6.07) is 5.26. The normalized spacial score (nSPS) is 11.8. The highest BCUT2D eigenvalue weighted by atomic mass is 79.9. The van der Waals surface area contributed by atoms with Gasteiger partial charge in [0.25, 0.3) is 0 Å². The van der Waals surface area contributed by atoms with E-state index in [4.69, 9.17) is 0 Å². The maximum absolute atomic E-state index is 13.2. The summed E-state index contributed by atoms with van der Waals surface area (Å²) < 4.78 is 13.8. The Labute approximate surface area is 124 Å². The Morgan fingerprint density at radius 1 is 1.21 bits per heavy atom. The molecule has 0 fully saturated rings. The molecule has 0 aromatic heterocycles. The number of benzene rings is 1. The van der Waals surface area contributed by atoms with E-state index in [0.717, 1.165) is 31.7 Å². The van der Waals surface area contributed by atoms with Crippen LogP contribution in [0.1, 0.15) is 19.4 Å². The Morgan fingerprint density at radius 2 is 1.89 bits per heavy atom. The predicted octanol–water partition coefficient (Wildman–Crippen LogP) is 3.61. The minimum absolute atomic E-state index is 0.201. The molecule has 19 heavy (non-hydrogen) atoms. The molecule has 4 heteroatoms. The standard InChI is InChI=1S/C15H24BrFN2/c1-12(2)10-19(8-7-18(3)4)11-13-5-6-15(17)14(16)9-13/h5-6,9,12H,7-8,10-11H2,1-4H3. The summed E-state index contributed by atoms with van der Waals surface area (Å²) in [7, 11) is 4.17. The third kappa shape index (κ3) is 6.50. The van der Waals surface area contributed by atoms with Crippen molar-refractivity contribution in [1.29, 1.82) is 0 Å². The van der Waals surface area contributed by atoms with Crippen LogP contribution in [-0.4, -0.2) is 43.5 Å². The molecular weight excluding hydrogens is 307 g/mol. The lowest BCUT2D eigenvalue weighted by Crippen LogP contribution is -2.34. The van der Waals surface area contributed by atoms with Crippen LogP contribution in [0, 0.1) is 11.7 Å². The summed E-state index contributed by atoms with van der Waals surface area (Å²) in [5, 5.41) is 0. The highest BCUT2D eigenvalue weighted by Crippen LogP contribution is 2.18. The number of halogens is 2. The third-order valence-electron chi connectivity index (χ3n) is 2.88. The van der Waals surface area contributed by atoms with E-state index in [0.29, 0.717) is 10.4 Å². The summed E-state index contributed by atoms with van der Waals surface area (Å²) in [6.07, 6.45) is 0. The van der Waals surface area contributed by atoms with E-state index in [2.05, 4.69) is 53.7 Å². The van der Waals surface area contributed by atoms with Gasteiger partial charge >= 0.3 is 0 Å². The minimum atomic E-state index is -0.201. The molecule has 0 N–H and O–H groups in total. The summed E-state index contributed by atoms with van der Waals surface area (Å²) in [5.74, 6) is 0.429. The Balaban J connectivity index is 2.66. The van der Waals surface area contributed by atoms with Crippen LogP contribution >= 0.6 is 15.9 Å². The second kappa shape index (κ2) is 7.98. The van der Waals surface area contributed by atoms with Crippen LogP contribution in [0.15, 0.2) is 22.7 Å². The van der Waals surface area contributed by atoms with Crippen LogP contribution in [0.25, 0.3) is 0 Å². The monoisotopic (exact) mass is 330 g/mol. The van der Waals surface area contributed by atoms with E-state index in [-0.39, 0.29) is 5.82 Å². The van der Waals surface area contributed by atoms with Crippen LogP contribution in [-0.2, 0) is 6.54 Å². The van der Waals surface area contributed by atoms with Crippen molar-refractivity contribution < 1.29 is 4.39 Å². The zero-order valence-corrected chi connectivity index (χ0v) is 13.9. The molecule has 0 atom stereocenters. The van der Waals surface area contributed by atoms with Crippen molar-refractivity contribution >= 4 is 15.9 Å². The van der Waals surface area contributed by atoms with E-state index >= 15 is 0 Å². The molecule has 0 aliphatic carbocycles. The van der Waals surface area contributed by atoms with Gasteiger partial charge in [-0.25, -0.2) is 4.39 Å². The summed E-state index contributed by atoms with van der Waals surface area (Å²) in [5.41, 5.74) is 1.15. The molecule has 0 unspecified atom stereocenters. The molecule has 2 nitrogen and oxygen atoms in total. The zero-order valence-electron chi connectivity index (χ0n) is 12.3. The largest absolute Gasteiger partial charge is 0.308 e. The zero-order chi connectivity index (χ0) is 14.4. The first-order valence-corrected chi connectivity index (χ1v) is 7.48. The molecule has 108 valence electrons. The van der Waals surface area contributed by atoms with Crippen molar-refractivity contribution in [3.63, 3.8) is 0 Å². The smallest absolute Gasteiger partial charge is 0.137 e. The molecule has 1 rings (SSSR count). The van der Waals surface area contributed by atoms with Crippen LogP contribution in [0.2, 0.25) is 0 Å². The van der Waals surface area contributed by atoms with Gasteiger partial charge in [-0.05, 0) is 53.6 Å². The molecule has 0 bridgehead atoms. The van der Waals surface area contributed by atoms with Gasteiger partial charge < -0.3 is 4.90 Å². The Kier molecular flexibility index (Phi) is 6.97. The fraction of sp³-hybridized carbons (Fsp3) is 0.600. The van der Waals surface area contributed by atoms with Gasteiger partial charge in [0.15, 0.2) is 0 Å². The Bertz CT molecular complexity index is 394. The molecule has 0 aliphatic heterocycles. The molecule has 0 saturated heterocycles. The van der Waals surface area contributed by atoms with Crippen molar-refractivity contribution in [1.82, 2.24) is 9.80 Å². The highest BCUT2D eigenvalue weighted by molar-refractivity contribution is 9.10. The second-order valence-corrected chi connectivity index (χ2v) is 6.54. The maximum atomic E-state index is 13.2. The van der Waals surface area contributed by atoms with Gasteiger partial charge in [-0.3, -0.25) is 4.90 Å². The average molecular weight is 331 g/mol.